The molecule has 1 fully saturated rings. The number of carbonyl (C=O) groups is 2. The smallest absolute Gasteiger partial charge is 0.324 e. The lowest BCUT2D eigenvalue weighted by molar-refractivity contribution is -0.380. The van der Waals surface area contributed by atoms with E-state index < -0.39 is 4.92 Å². The van der Waals surface area contributed by atoms with Gasteiger partial charge in [0.1, 0.15) is 0 Å². The van der Waals surface area contributed by atoms with E-state index in [-0.39, 0.29) is 16.8 Å². The Morgan fingerprint density at radius 2 is 1.72 bits per heavy atom. The molecule has 1 saturated heterocycles. The lowest BCUT2D eigenvalue weighted by Crippen LogP contribution is -2.50. The van der Waals surface area contributed by atoms with Crippen molar-refractivity contribution in [2.75, 3.05) is 26.2 Å². The molecule has 3 heterocycles. The zero-order valence-corrected chi connectivity index (χ0v) is 14.4. The molecule has 8 nitrogen and oxygen atoms in total. The van der Waals surface area contributed by atoms with Crippen LogP contribution in [-0.2, 0) is 0 Å². The number of carbonyl (C=O) groups excluding carboxylic acids is 2. The average Bonchev–Trinajstić information content (AvgIpc) is 3.12. The van der Waals surface area contributed by atoms with Gasteiger partial charge in [-0.25, -0.2) is 0 Å². The van der Waals surface area contributed by atoms with Crippen molar-refractivity contribution in [3.05, 3.63) is 56.7 Å². The lowest BCUT2D eigenvalue weighted by Gasteiger charge is -2.34. The molecule has 2 aromatic heterocycles. The van der Waals surface area contributed by atoms with Crippen LogP contribution in [0.4, 0.5) is 5.00 Å². The maximum atomic E-state index is 12.4. The fraction of sp³-hybridized carbons (Fsp3) is 0.312. The molecule has 0 bridgehead atoms. The van der Waals surface area contributed by atoms with Gasteiger partial charge < -0.3 is 9.80 Å². The molecule has 0 saturated carbocycles. The second-order valence-corrected chi connectivity index (χ2v) is 6.73. The molecular weight excluding hydrogens is 344 g/mol. The van der Waals surface area contributed by atoms with Gasteiger partial charge in [0, 0.05) is 44.1 Å². The maximum absolute atomic E-state index is 12.4. The predicted molar refractivity (Wildman–Crippen MR) is 91.8 cm³/mol. The zero-order chi connectivity index (χ0) is 18.0. The van der Waals surface area contributed by atoms with Crippen molar-refractivity contribution in [1.82, 2.24) is 14.8 Å². The summed E-state index contributed by atoms with van der Waals surface area (Å²) in [5.41, 5.74) is 1.37. The van der Waals surface area contributed by atoms with Gasteiger partial charge in [-0.05, 0) is 25.1 Å². The molecule has 2 aromatic rings. The molecule has 0 aliphatic carbocycles. The Morgan fingerprint density at radius 3 is 2.24 bits per heavy atom. The predicted octanol–water partition coefficient (Wildman–Crippen LogP) is 1.96. The highest BCUT2D eigenvalue weighted by Crippen LogP contribution is 2.25. The minimum Gasteiger partial charge on any atom is -0.335 e. The zero-order valence-electron chi connectivity index (χ0n) is 13.5. The van der Waals surface area contributed by atoms with Crippen LogP contribution in [0.1, 0.15) is 25.7 Å². The molecule has 0 N–H and O–H groups in total. The van der Waals surface area contributed by atoms with Crippen molar-refractivity contribution < 1.29 is 14.5 Å². The average molecular weight is 360 g/mol. The van der Waals surface area contributed by atoms with E-state index in [1.54, 1.807) is 28.1 Å². The standard InChI is InChI=1S/C16H16N4O4S/c1-11-2-3-12(10-17-11)15(21)18-6-8-19(9-7-18)16(22)13-4-5-14(25-13)20(23)24/h2-5,10H,6-9H2,1H3. The molecule has 0 atom stereocenters. The summed E-state index contributed by atoms with van der Waals surface area (Å²) in [6, 6.07) is 6.34. The maximum Gasteiger partial charge on any atom is 0.324 e. The Morgan fingerprint density at radius 1 is 1.08 bits per heavy atom. The quantitative estimate of drug-likeness (QED) is 0.616. The third-order valence-corrected chi connectivity index (χ3v) is 5.02. The molecule has 0 spiro atoms. The summed E-state index contributed by atoms with van der Waals surface area (Å²) in [7, 11) is 0. The summed E-state index contributed by atoms with van der Waals surface area (Å²) in [6.07, 6.45) is 1.56. The van der Waals surface area contributed by atoms with E-state index in [9.17, 15) is 19.7 Å². The molecule has 25 heavy (non-hydrogen) atoms. The van der Waals surface area contributed by atoms with Crippen LogP contribution in [0.15, 0.2) is 30.5 Å². The topological polar surface area (TPSA) is 96.7 Å². The fourth-order valence-electron chi connectivity index (χ4n) is 2.59. The molecular formula is C16H16N4O4S. The van der Waals surface area contributed by atoms with Gasteiger partial charge in [0.25, 0.3) is 11.8 Å². The van der Waals surface area contributed by atoms with Crippen molar-refractivity contribution in [3.63, 3.8) is 0 Å². The molecule has 1 aliphatic heterocycles. The summed E-state index contributed by atoms with van der Waals surface area (Å²) in [4.78, 5) is 42.9. The number of thiophene rings is 1. The largest absolute Gasteiger partial charge is 0.335 e. The van der Waals surface area contributed by atoms with Crippen molar-refractivity contribution >= 4 is 28.2 Å². The van der Waals surface area contributed by atoms with Gasteiger partial charge in [0.2, 0.25) is 0 Å². The number of nitrogens with zero attached hydrogens (tertiary/aromatic N) is 4. The number of pyridine rings is 1. The van der Waals surface area contributed by atoms with Gasteiger partial charge in [0.05, 0.1) is 15.4 Å². The van der Waals surface area contributed by atoms with E-state index >= 15 is 0 Å². The Hall–Kier alpha value is -2.81. The van der Waals surface area contributed by atoms with E-state index in [1.165, 1.54) is 12.1 Å². The van der Waals surface area contributed by atoms with Crippen LogP contribution in [0.5, 0.6) is 0 Å². The minimum absolute atomic E-state index is 0.0518. The summed E-state index contributed by atoms with van der Waals surface area (Å²) >= 11 is 0.869. The molecule has 2 amide bonds. The van der Waals surface area contributed by atoms with Crippen LogP contribution in [0.2, 0.25) is 0 Å². The number of amides is 2. The van der Waals surface area contributed by atoms with Gasteiger partial charge in [-0.3, -0.25) is 24.7 Å². The van der Waals surface area contributed by atoms with Gasteiger partial charge in [-0.1, -0.05) is 11.3 Å². The van der Waals surface area contributed by atoms with Crippen LogP contribution in [0.3, 0.4) is 0 Å². The Balaban J connectivity index is 1.61. The number of rotatable bonds is 3. The first-order valence-electron chi connectivity index (χ1n) is 7.71. The molecule has 0 aromatic carbocycles. The van der Waals surface area contributed by atoms with Crippen LogP contribution in [0, 0.1) is 17.0 Å². The second-order valence-electron chi connectivity index (χ2n) is 5.67. The van der Waals surface area contributed by atoms with E-state index in [4.69, 9.17) is 0 Å². The van der Waals surface area contributed by atoms with Crippen LogP contribution in [0.25, 0.3) is 0 Å². The van der Waals surface area contributed by atoms with E-state index in [0.717, 1.165) is 17.0 Å². The molecule has 1 aliphatic rings. The van der Waals surface area contributed by atoms with Crippen molar-refractivity contribution in [2.24, 2.45) is 0 Å². The summed E-state index contributed by atoms with van der Waals surface area (Å²) in [6.45, 7) is 3.50. The third-order valence-electron chi connectivity index (χ3n) is 3.99. The first-order valence-corrected chi connectivity index (χ1v) is 8.53. The Labute approximate surface area is 147 Å². The Kier molecular flexibility index (Phi) is 4.75. The summed E-state index contributed by atoms with van der Waals surface area (Å²) < 4.78 is 0. The monoisotopic (exact) mass is 360 g/mol. The van der Waals surface area contributed by atoms with E-state index in [2.05, 4.69) is 4.98 Å². The number of hydrogen-bond donors (Lipinski definition) is 0. The highest BCUT2D eigenvalue weighted by Gasteiger charge is 2.27. The first kappa shape index (κ1) is 17.0. The lowest BCUT2D eigenvalue weighted by atomic mass is 10.2. The van der Waals surface area contributed by atoms with E-state index in [0.29, 0.717) is 36.6 Å². The number of aromatic nitrogens is 1. The second kappa shape index (κ2) is 6.98. The highest BCUT2D eigenvalue weighted by atomic mass is 32.1. The first-order chi connectivity index (χ1) is 12.0. The summed E-state index contributed by atoms with van der Waals surface area (Å²) in [5.74, 6) is -0.339. The number of nitro groups is 1. The number of hydrogen-bond acceptors (Lipinski definition) is 6. The molecule has 3 rings (SSSR count). The molecule has 0 unspecified atom stereocenters. The van der Waals surface area contributed by atoms with E-state index in [1.807, 2.05) is 6.92 Å². The van der Waals surface area contributed by atoms with Crippen molar-refractivity contribution in [3.8, 4) is 0 Å². The normalized spacial score (nSPS) is 14.4. The molecule has 9 heteroatoms. The molecule has 130 valence electrons. The van der Waals surface area contributed by atoms with Crippen LogP contribution >= 0.6 is 11.3 Å². The van der Waals surface area contributed by atoms with Crippen molar-refractivity contribution in [2.45, 2.75) is 6.92 Å². The SMILES string of the molecule is Cc1ccc(C(=O)N2CCN(C(=O)c3ccc([N+](=O)[O-])s3)CC2)cn1. The highest BCUT2D eigenvalue weighted by molar-refractivity contribution is 7.17. The Bertz CT molecular complexity index is 810. The van der Waals surface area contributed by atoms with Gasteiger partial charge >= 0.3 is 5.00 Å². The third kappa shape index (κ3) is 3.66. The van der Waals surface area contributed by atoms with Crippen LogP contribution < -0.4 is 0 Å². The number of aryl methyl sites for hydroxylation is 1. The molecule has 0 radical (unpaired) electrons. The minimum atomic E-state index is -0.506. The van der Waals surface area contributed by atoms with Crippen molar-refractivity contribution in [1.29, 1.82) is 0 Å². The van der Waals surface area contributed by atoms with Gasteiger partial charge in [0.15, 0.2) is 0 Å². The van der Waals surface area contributed by atoms with Crippen LogP contribution in [-0.4, -0.2) is 57.7 Å². The fourth-order valence-corrected chi connectivity index (χ4v) is 3.37. The van der Waals surface area contributed by atoms with Gasteiger partial charge in [-0.2, -0.15) is 0 Å². The van der Waals surface area contributed by atoms with Gasteiger partial charge in [-0.15, -0.1) is 0 Å². The summed E-state index contributed by atoms with van der Waals surface area (Å²) in [5, 5.41) is 10.7. The number of piperazine rings is 1.